The smallest absolute Gasteiger partial charge is 0.306 e. The lowest BCUT2D eigenvalue weighted by Crippen LogP contribution is -2.17. The lowest BCUT2D eigenvalue weighted by atomic mass is 9.97. The summed E-state index contributed by atoms with van der Waals surface area (Å²) in [4.78, 5) is 23.7. The molecule has 7 heteroatoms. The van der Waals surface area contributed by atoms with Crippen LogP contribution in [0.4, 0.5) is 0 Å². The Morgan fingerprint density at radius 3 is 1.41 bits per heavy atom. The fourth-order valence-electron chi connectivity index (χ4n) is 6.37. The molecule has 0 fully saturated rings. The summed E-state index contributed by atoms with van der Waals surface area (Å²) in [6.45, 7) is 4.72. The Balaban J connectivity index is 2.28. The third-order valence-corrected chi connectivity index (χ3v) is 9.87. The van der Waals surface area contributed by atoms with E-state index in [1.54, 1.807) is 18.2 Å². The molecule has 0 radical (unpaired) electrons. The zero-order valence-electron chi connectivity index (χ0n) is 34.1. The molecule has 2 unspecified atom stereocenters. The molecule has 0 aliphatic carbocycles. The maximum Gasteiger partial charge on any atom is 0.306 e. The van der Waals surface area contributed by atoms with Gasteiger partial charge >= 0.3 is 11.9 Å². The summed E-state index contributed by atoms with van der Waals surface area (Å²) in [5, 5.41) is 29.4. The lowest BCUT2D eigenvalue weighted by molar-refractivity contribution is -0.143. The van der Waals surface area contributed by atoms with E-state index in [0.29, 0.717) is 42.7 Å². The van der Waals surface area contributed by atoms with E-state index in [9.17, 15) is 24.9 Å². The van der Waals surface area contributed by atoms with Crippen LogP contribution in [0.2, 0.25) is 0 Å². The molecule has 1 aromatic rings. The van der Waals surface area contributed by atoms with Crippen LogP contribution in [0.3, 0.4) is 0 Å². The summed E-state index contributed by atoms with van der Waals surface area (Å²) in [5.74, 6) is -1.45. The minimum Gasteiger partial charge on any atom is -0.494 e. The fourth-order valence-corrected chi connectivity index (χ4v) is 6.37. The highest BCUT2D eigenvalue weighted by atomic mass is 16.5. The van der Waals surface area contributed by atoms with E-state index in [0.717, 1.165) is 77.0 Å². The number of carbonyl (C=O) groups is 2. The number of allylic oxidation sites excluding steroid dienone is 8. The molecule has 54 heavy (non-hydrogen) atoms. The van der Waals surface area contributed by atoms with E-state index >= 15 is 0 Å². The predicted octanol–water partition coefficient (Wildman–Crippen LogP) is 13.0. The van der Waals surface area contributed by atoms with Crippen molar-refractivity contribution in [2.45, 2.75) is 175 Å². The first-order valence-corrected chi connectivity index (χ1v) is 21.5. The molecule has 0 aromatic heterocycles. The molecule has 3 N–H and O–H groups in total. The zero-order chi connectivity index (χ0) is 39.3. The second-order valence-corrected chi connectivity index (χ2v) is 14.6. The van der Waals surface area contributed by atoms with Crippen LogP contribution in [0.5, 0.6) is 11.5 Å². The van der Waals surface area contributed by atoms with Crippen molar-refractivity contribution < 1.29 is 34.4 Å². The highest BCUT2D eigenvalue weighted by Gasteiger charge is 2.19. The van der Waals surface area contributed by atoms with Crippen molar-refractivity contribution in [1.29, 1.82) is 0 Å². The van der Waals surface area contributed by atoms with Gasteiger partial charge in [0, 0.05) is 5.56 Å². The average Bonchev–Trinajstić information content (AvgIpc) is 3.16. The Bertz CT molecular complexity index is 1180. The molecular weight excluding hydrogens is 677 g/mol. The monoisotopic (exact) mass is 753 g/mol. The SMILES string of the molecule is CCCCC/C=C\C/C=C\CCCCCCC(CCOc1ccc(OCCC(CCCCCC/C=C\C/C=C\CCCCC)C(=O)O)c(CO)c1)C(=O)O. The van der Waals surface area contributed by atoms with Crippen molar-refractivity contribution in [3.63, 3.8) is 0 Å². The number of aliphatic carboxylic acids is 2. The van der Waals surface area contributed by atoms with Crippen LogP contribution in [-0.2, 0) is 16.2 Å². The first-order valence-electron chi connectivity index (χ1n) is 21.5. The number of benzene rings is 1. The number of carboxylic acids is 2. The zero-order valence-corrected chi connectivity index (χ0v) is 34.1. The third kappa shape index (κ3) is 27.3. The highest BCUT2D eigenvalue weighted by Crippen LogP contribution is 2.26. The minimum atomic E-state index is -0.796. The minimum absolute atomic E-state index is 0.246. The van der Waals surface area contributed by atoms with Crippen LogP contribution in [-0.4, -0.2) is 40.5 Å². The molecular formula is C47H76O7. The molecule has 0 aliphatic rings. The quantitative estimate of drug-likeness (QED) is 0.0458. The maximum atomic E-state index is 11.9. The number of rotatable bonds is 37. The van der Waals surface area contributed by atoms with Crippen molar-refractivity contribution in [3.8, 4) is 11.5 Å². The number of unbranched alkanes of at least 4 members (excludes halogenated alkanes) is 14. The molecule has 0 saturated carbocycles. The third-order valence-electron chi connectivity index (χ3n) is 9.87. The molecule has 7 nitrogen and oxygen atoms in total. The molecule has 0 aliphatic heterocycles. The topological polar surface area (TPSA) is 113 Å². The van der Waals surface area contributed by atoms with E-state index in [1.807, 2.05) is 0 Å². The van der Waals surface area contributed by atoms with Crippen molar-refractivity contribution in [2.75, 3.05) is 13.2 Å². The Hall–Kier alpha value is -3.32. The van der Waals surface area contributed by atoms with Gasteiger partial charge in [0.15, 0.2) is 0 Å². The number of hydrogen-bond acceptors (Lipinski definition) is 5. The first-order chi connectivity index (χ1) is 26.4. The van der Waals surface area contributed by atoms with Gasteiger partial charge in [-0.05, 0) is 108 Å². The molecule has 0 amide bonds. The van der Waals surface area contributed by atoms with Crippen LogP contribution in [0.1, 0.15) is 174 Å². The largest absolute Gasteiger partial charge is 0.494 e. The van der Waals surface area contributed by atoms with E-state index < -0.39 is 23.8 Å². The summed E-state index contributed by atoms with van der Waals surface area (Å²) < 4.78 is 11.8. The van der Waals surface area contributed by atoms with E-state index in [1.165, 1.54) is 51.4 Å². The Kier molecular flexibility index (Phi) is 31.9. The van der Waals surface area contributed by atoms with Crippen LogP contribution in [0.15, 0.2) is 66.8 Å². The number of aliphatic hydroxyl groups excluding tert-OH is 1. The van der Waals surface area contributed by atoms with Gasteiger partial charge in [-0.2, -0.15) is 0 Å². The van der Waals surface area contributed by atoms with Gasteiger partial charge in [0.25, 0.3) is 0 Å². The summed E-state index contributed by atoms with van der Waals surface area (Å²) in [6, 6.07) is 5.18. The van der Waals surface area contributed by atoms with Crippen molar-refractivity contribution in [1.82, 2.24) is 0 Å². The van der Waals surface area contributed by atoms with Gasteiger partial charge in [0.2, 0.25) is 0 Å². The van der Waals surface area contributed by atoms with Crippen LogP contribution in [0, 0.1) is 11.8 Å². The Morgan fingerprint density at radius 1 is 0.556 bits per heavy atom. The second kappa shape index (κ2) is 35.4. The van der Waals surface area contributed by atoms with Crippen LogP contribution in [0.25, 0.3) is 0 Å². The highest BCUT2D eigenvalue weighted by molar-refractivity contribution is 5.70. The van der Waals surface area contributed by atoms with Crippen molar-refractivity contribution in [2.24, 2.45) is 11.8 Å². The number of carboxylic acid groups (broad SMARTS) is 2. The summed E-state index contributed by atoms with van der Waals surface area (Å²) >= 11 is 0. The number of hydrogen-bond donors (Lipinski definition) is 3. The second-order valence-electron chi connectivity index (χ2n) is 14.6. The maximum absolute atomic E-state index is 11.9. The number of aliphatic hydroxyl groups is 1. The first kappa shape index (κ1) is 48.7. The van der Waals surface area contributed by atoms with Gasteiger partial charge in [-0.15, -0.1) is 0 Å². The van der Waals surface area contributed by atoms with Gasteiger partial charge in [-0.25, -0.2) is 0 Å². The van der Waals surface area contributed by atoms with E-state index in [4.69, 9.17) is 9.47 Å². The fraction of sp³-hybridized carbons (Fsp3) is 0.660. The van der Waals surface area contributed by atoms with Crippen LogP contribution >= 0.6 is 0 Å². The lowest BCUT2D eigenvalue weighted by Gasteiger charge is -2.16. The Labute approximate surface area is 329 Å². The Morgan fingerprint density at radius 2 is 0.981 bits per heavy atom. The molecule has 0 bridgehead atoms. The number of ether oxygens (including phenoxy) is 2. The molecule has 306 valence electrons. The van der Waals surface area contributed by atoms with Gasteiger partial charge in [0.1, 0.15) is 11.5 Å². The molecule has 0 saturated heterocycles. The van der Waals surface area contributed by atoms with Crippen LogP contribution < -0.4 is 9.47 Å². The van der Waals surface area contributed by atoms with Gasteiger partial charge in [-0.3, -0.25) is 9.59 Å². The molecule has 0 spiro atoms. The molecule has 1 rings (SSSR count). The average molecular weight is 753 g/mol. The van der Waals surface area contributed by atoms with Gasteiger partial charge in [0.05, 0.1) is 31.7 Å². The van der Waals surface area contributed by atoms with Crippen molar-refractivity contribution >= 4 is 11.9 Å². The van der Waals surface area contributed by atoms with Gasteiger partial charge in [-0.1, -0.05) is 127 Å². The molecule has 1 aromatic carbocycles. The van der Waals surface area contributed by atoms with E-state index in [-0.39, 0.29) is 19.8 Å². The standard InChI is InChI=1S/C47H76O7/c1-3-5-7-9-11-13-15-17-19-21-23-25-27-29-31-41(46(49)50)35-37-53-44-33-34-45(43(39-44)40-48)54-38-36-42(47(51)52)32-30-28-26-24-22-20-18-16-14-12-10-8-6-4-2/h11-14,17-20,33-34,39,41-42,48H,3-10,15-16,21-32,35-38,40H2,1-2H3,(H,49,50)(H,51,52)/b13-11-,14-12-,19-17-,20-18-. The molecule has 2 atom stereocenters. The predicted molar refractivity (Wildman–Crippen MR) is 224 cm³/mol. The van der Waals surface area contributed by atoms with Crippen molar-refractivity contribution in [3.05, 3.63) is 72.4 Å². The normalized spacial score (nSPS) is 13.1. The van der Waals surface area contributed by atoms with E-state index in [2.05, 4.69) is 62.5 Å². The van der Waals surface area contributed by atoms with Gasteiger partial charge < -0.3 is 24.8 Å². The summed E-state index contributed by atoms with van der Waals surface area (Å²) in [6.07, 6.45) is 42.5. The summed E-state index contributed by atoms with van der Waals surface area (Å²) in [5.41, 5.74) is 0.555. The molecule has 0 heterocycles. The summed E-state index contributed by atoms with van der Waals surface area (Å²) in [7, 11) is 0.